The van der Waals surface area contributed by atoms with E-state index in [1.165, 1.54) is 7.11 Å². The molecular weight excluding hydrogens is 370 g/mol. The molecule has 3 rings (SSSR count). The van der Waals surface area contributed by atoms with E-state index in [0.717, 1.165) is 5.56 Å². The van der Waals surface area contributed by atoms with E-state index in [2.05, 4.69) is 5.32 Å². The van der Waals surface area contributed by atoms with Crippen molar-refractivity contribution in [2.75, 3.05) is 26.9 Å². The number of ether oxygens (including phenoxy) is 4. The monoisotopic (exact) mass is 391 g/mol. The van der Waals surface area contributed by atoms with E-state index in [0.29, 0.717) is 53.4 Å². The third-order valence-electron chi connectivity index (χ3n) is 4.19. The zero-order valence-corrected chi connectivity index (χ0v) is 16.3. The Labute approximate surface area is 163 Å². The van der Waals surface area contributed by atoms with E-state index in [4.69, 9.17) is 30.5 Å². The highest BCUT2D eigenvalue weighted by Gasteiger charge is 2.19. The van der Waals surface area contributed by atoms with Gasteiger partial charge in [0.25, 0.3) is 5.91 Å². The smallest absolute Gasteiger partial charge is 0.251 e. The summed E-state index contributed by atoms with van der Waals surface area (Å²) in [4.78, 5) is 12.7. The van der Waals surface area contributed by atoms with Crippen LogP contribution in [-0.4, -0.2) is 32.8 Å². The molecule has 1 N–H and O–H groups in total. The van der Waals surface area contributed by atoms with Crippen LogP contribution < -0.4 is 24.3 Å². The van der Waals surface area contributed by atoms with Crippen molar-refractivity contribution < 1.29 is 23.7 Å². The van der Waals surface area contributed by atoms with Crippen molar-refractivity contribution in [3.63, 3.8) is 0 Å². The predicted molar refractivity (Wildman–Crippen MR) is 102 cm³/mol. The lowest BCUT2D eigenvalue weighted by molar-refractivity contribution is 0.0939. The Morgan fingerprint density at radius 3 is 2.67 bits per heavy atom. The van der Waals surface area contributed by atoms with Crippen molar-refractivity contribution in [3.8, 4) is 23.0 Å². The number of halogens is 1. The van der Waals surface area contributed by atoms with Gasteiger partial charge in [-0.25, -0.2) is 0 Å². The van der Waals surface area contributed by atoms with E-state index in [1.807, 2.05) is 32.0 Å². The van der Waals surface area contributed by atoms with Crippen molar-refractivity contribution in [3.05, 3.63) is 46.5 Å². The van der Waals surface area contributed by atoms with Gasteiger partial charge in [0.2, 0.25) is 0 Å². The molecule has 0 spiro atoms. The van der Waals surface area contributed by atoms with Crippen LogP contribution in [0.4, 0.5) is 0 Å². The summed E-state index contributed by atoms with van der Waals surface area (Å²) in [5.74, 6) is 1.98. The topological polar surface area (TPSA) is 66.0 Å². The summed E-state index contributed by atoms with van der Waals surface area (Å²) >= 11 is 6.25. The molecule has 0 saturated carbocycles. The molecule has 1 amide bonds. The molecule has 1 heterocycles. The quantitative estimate of drug-likeness (QED) is 0.805. The van der Waals surface area contributed by atoms with Crippen LogP contribution >= 0.6 is 11.6 Å². The predicted octanol–water partition coefficient (Wildman–Crippen LogP) is 4.01. The molecular formula is C20H22ClNO5. The molecule has 0 saturated heterocycles. The number of carbonyl (C=O) groups is 1. The third kappa shape index (κ3) is 4.22. The maximum atomic E-state index is 12.7. The van der Waals surface area contributed by atoms with Gasteiger partial charge in [0.1, 0.15) is 13.2 Å². The van der Waals surface area contributed by atoms with Gasteiger partial charge in [-0.2, -0.15) is 0 Å². The summed E-state index contributed by atoms with van der Waals surface area (Å²) < 4.78 is 21.9. The fourth-order valence-corrected chi connectivity index (χ4v) is 3.09. The summed E-state index contributed by atoms with van der Waals surface area (Å²) in [7, 11) is 1.51. The molecule has 0 fully saturated rings. The van der Waals surface area contributed by atoms with E-state index in [9.17, 15) is 4.79 Å². The minimum Gasteiger partial charge on any atom is -0.493 e. The molecule has 1 unspecified atom stereocenters. The summed E-state index contributed by atoms with van der Waals surface area (Å²) in [5.41, 5.74) is 1.31. The second-order valence-corrected chi connectivity index (χ2v) is 6.43. The van der Waals surface area contributed by atoms with Crippen molar-refractivity contribution in [2.45, 2.75) is 19.9 Å². The number of amides is 1. The number of benzene rings is 2. The first-order chi connectivity index (χ1) is 13.0. The summed E-state index contributed by atoms with van der Waals surface area (Å²) in [5, 5.41) is 3.29. The van der Waals surface area contributed by atoms with Gasteiger partial charge in [-0.05, 0) is 43.7 Å². The Balaban J connectivity index is 1.77. The second kappa shape index (κ2) is 8.39. The van der Waals surface area contributed by atoms with Crippen LogP contribution in [0.3, 0.4) is 0 Å². The average Bonchev–Trinajstić information content (AvgIpc) is 2.68. The molecule has 0 bridgehead atoms. The zero-order chi connectivity index (χ0) is 19.4. The van der Waals surface area contributed by atoms with Crippen molar-refractivity contribution in [1.82, 2.24) is 5.32 Å². The first kappa shape index (κ1) is 19.2. The number of rotatable bonds is 6. The molecule has 2 aromatic carbocycles. The highest BCUT2D eigenvalue weighted by molar-refractivity contribution is 6.32. The zero-order valence-electron chi connectivity index (χ0n) is 15.5. The molecule has 144 valence electrons. The fraction of sp³-hybridized carbons (Fsp3) is 0.350. The number of carbonyl (C=O) groups excluding carboxylic acids is 1. The summed E-state index contributed by atoms with van der Waals surface area (Å²) in [6.45, 7) is 5.26. The summed E-state index contributed by atoms with van der Waals surface area (Å²) in [6, 6.07) is 8.59. The molecule has 0 aromatic heterocycles. The lowest BCUT2D eigenvalue weighted by Gasteiger charge is -2.21. The van der Waals surface area contributed by atoms with Crippen molar-refractivity contribution >= 4 is 17.5 Å². The Morgan fingerprint density at radius 1 is 1.22 bits per heavy atom. The minimum absolute atomic E-state index is 0.232. The van der Waals surface area contributed by atoms with Crippen LogP contribution in [0.2, 0.25) is 5.02 Å². The number of hydrogen-bond acceptors (Lipinski definition) is 5. The van der Waals surface area contributed by atoms with Gasteiger partial charge in [-0.1, -0.05) is 17.7 Å². The van der Waals surface area contributed by atoms with Gasteiger partial charge >= 0.3 is 0 Å². The molecule has 1 atom stereocenters. The molecule has 0 aliphatic carbocycles. The van der Waals surface area contributed by atoms with E-state index < -0.39 is 0 Å². The second-order valence-electron chi connectivity index (χ2n) is 6.02. The highest BCUT2D eigenvalue weighted by Crippen LogP contribution is 2.37. The van der Waals surface area contributed by atoms with E-state index >= 15 is 0 Å². The van der Waals surface area contributed by atoms with Crippen molar-refractivity contribution in [2.24, 2.45) is 0 Å². The van der Waals surface area contributed by atoms with Crippen LogP contribution in [0.25, 0.3) is 0 Å². The Bertz CT molecular complexity index is 839. The van der Waals surface area contributed by atoms with Gasteiger partial charge in [-0.15, -0.1) is 0 Å². The van der Waals surface area contributed by atoms with Gasteiger partial charge in [0.15, 0.2) is 23.0 Å². The maximum Gasteiger partial charge on any atom is 0.251 e. The lowest BCUT2D eigenvalue weighted by Crippen LogP contribution is -2.27. The molecule has 1 aliphatic rings. The molecule has 2 aromatic rings. The molecule has 27 heavy (non-hydrogen) atoms. The number of hydrogen-bond donors (Lipinski definition) is 1. The Morgan fingerprint density at radius 2 is 1.96 bits per heavy atom. The maximum absolute atomic E-state index is 12.7. The lowest BCUT2D eigenvalue weighted by atomic mass is 10.1. The van der Waals surface area contributed by atoms with Gasteiger partial charge in [-0.3, -0.25) is 4.79 Å². The van der Waals surface area contributed by atoms with Crippen molar-refractivity contribution in [1.29, 1.82) is 0 Å². The van der Waals surface area contributed by atoms with Gasteiger partial charge in [0, 0.05) is 5.56 Å². The van der Waals surface area contributed by atoms with Crippen LogP contribution in [0, 0.1) is 0 Å². The first-order valence-electron chi connectivity index (χ1n) is 8.74. The van der Waals surface area contributed by atoms with E-state index in [1.54, 1.807) is 12.1 Å². The van der Waals surface area contributed by atoms with E-state index in [-0.39, 0.29) is 11.9 Å². The number of nitrogens with one attached hydrogen (secondary N) is 1. The Hall–Kier alpha value is -2.60. The largest absolute Gasteiger partial charge is 0.493 e. The van der Waals surface area contributed by atoms with Crippen LogP contribution in [0.5, 0.6) is 23.0 Å². The number of methoxy groups -OCH3 is 1. The molecule has 0 radical (unpaired) electrons. The highest BCUT2D eigenvalue weighted by atomic mass is 35.5. The minimum atomic E-state index is -0.263. The van der Waals surface area contributed by atoms with Gasteiger partial charge in [0.05, 0.1) is 24.8 Å². The standard InChI is InChI=1S/C20H22ClNO5/c1-4-25-19-15(21)9-14(11-18(19)24-3)20(23)22-12(2)13-5-6-16-17(10-13)27-8-7-26-16/h5-6,9-12H,4,7-8H2,1-3H3,(H,22,23). The normalized spacial score (nSPS) is 13.6. The molecule has 6 nitrogen and oxygen atoms in total. The van der Waals surface area contributed by atoms with Crippen LogP contribution in [0.15, 0.2) is 30.3 Å². The molecule has 1 aliphatic heterocycles. The Kier molecular flexibility index (Phi) is 5.96. The molecule has 7 heteroatoms. The summed E-state index contributed by atoms with van der Waals surface area (Å²) in [6.07, 6.45) is 0. The van der Waals surface area contributed by atoms with Gasteiger partial charge < -0.3 is 24.3 Å². The van der Waals surface area contributed by atoms with Crippen LogP contribution in [0.1, 0.15) is 35.8 Å². The first-order valence-corrected chi connectivity index (χ1v) is 9.12. The third-order valence-corrected chi connectivity index (χ3v) is 4.47. The fourth-order valence-electron chi connectivity index (χ4n) is 2.83. The SMILES string of the molecule is CCOc1c(Cl)cc(C(=O)NC(C)c2ccc3c(c2)OCCO3)cc1OC. The van der Waals surface area contributed by atoms with Crippen LogP contribution in [-0.2, 0) is 0 Å². The number of fused-ring (bicyclic) bond motifs is 1. The average molecular weight is 392 g/mol.